The first-order valence-corrected chi connectivity index (χ1v) is 7.28. The second kappa shape index (κ2) is 6.12. The van der Waals surface area contributed by atoms with E-state index in [1.807, 2.05) is 11.4 Å². The molecule has 0 aliphatic carbocycles. The highest BCUT2D eigenvalue weighted by molar-refractivity contribution is 7.71. The van der Waals surface area contributed by atoms with Crippen LogP contribution in [0.3, 0.4) is 0 Å². The average Bonchev–Trinajstić information content (AvgIpc) is 2.80. The van der Waals surface area contributed by atoms with Gasteiger partial charge in [-0.1, -0.05) is 6.42 Å². The van der Waals surface area contributed by atoms with Gasteiger partial charge in [0, 0.05) is 12.5 Å². The van der Waals surface area contributed by atoms with E-state index in [1.54, 1.807) is 0 Å². The van der Waals surface area contributed by atoms with Crippen LogP contribution in [0.5, 0.6) is 0 Å². The Labute approximate surface area is 118 Å². The van der Waals surface area contributed by atoms with Crippen LogP contribution < -0.4 is 10.7 Å². The molecule has 2 rings (SSSR count). The van der Waals surface area contributed by atoms with Gasteiger partial charge in [-0.15, -0.1) is 11.3 Å². The Bertz CT molecular complexity index is 699. The van der Waals surface area contributed by atoms with Crippen LogP contribution in [0.4, 0.5) is 0 Å². The molecule has 0 spiro atoms. The fourth-order valence-electron chi connectivity index (χ4n) is 1.89. The lowest BCUT2D eigenvalue weighted by Gasteiger charge is -2.06. The number of rotatable bonds is 6. The predicted octanol–water partition coefficient (Wildman–Crippen LogP) is 1.43. The Morgan fingerprint density at radius 2 is 2.21 bits per heavy atom. The summed E-state index contributed by atoms with van der Waals surface area (Å²) in [5.41, 5.74) is 0.696. The van der Waals surface area contributed by atoms with Crippen molar-refractivity contribution in [3.05, 3.63) is 26.6 Å². The number of aliphatic carboxylic acids is 1. The van der Waals surface area contributed by atoms with E-state index in [4.69, 9.17) is 12.2 Å². The van der Waals surface area contributed by atoms with Crippen LogP contribution >= 0.6 is 23.6 Å². The molecule has 0 unspecified atom stereocenters. The molecule has 0 amide bonds. The fourth-order valence-corrected chi connectivity index (χ4v) is 2.97. The molecule has 7 heteroatoms. The summed E-state index contributed by atoms with van der Waals surface area (Å²) < 4.78 is 2.62. The first-order chi connectivity index (χ1) is 9.09. The lowest BCUT2D eigenvalue weighted by atomic mass is 10.2. The molecule has 0 aliphatic heterocycles. The molecule has 2 aromatic heterocycles. The lowest BCUT2D eigenvalue weighted by molar-refractivity contribution is -0.305. The molecule has 0 saturated carbocycles. The molecule has 0 atom stereocenters. The maximum Gasteiger partial charge on any atom is 0.272 e. The summed E-state index contributed by atoms with van der Waals surface area (Å²) in [5.74, 6) is -1.03. The summed E-state index contributed by atoms with van der Waals surface area (Å²) in [6.45, 7) is 0.509. The molecule has 0 aromatic carbocycles. The Morgan fingerprint density at radius 1 is 1.42 bits per heavy atom. The van der Waals surface area contributed by atoms with Gasteiger partial charge in [0.1, 0.15) is 4.70 Å². The summed E-state index contributed by atoms with van der Waals surface area (Å²) in [5, 5.41) is 12.1. The van der Waals surface area contributed by atoms with Crippen LogP contribution in [0, 0.1) is 4.77 Å². The van der Waals surface area contributed by atoms with E-state index >= 15 is 0 Å². The van der Waals surface area contributed by atoms with Gasteiger partial charge in [-0.25, -0.2) is 0 Å². The molecule has 2 heterocycles. The minimum atomic E-state index is -1.03. The number of aromatic amines is 1. The molecule has 5 nitrogen and oxygen atoms in total. The van der Waals surface area contributed by atoms with Gasteiger partial charge in [0.2, 0.25) is 0 Å². The summed E-state index contributed by atoms with van der Waals surface area (Å²) in [7, 11) is 0. The topological polar surface area (TPSA) is 77.9 Å². The lowest BCUT2D eigenvalue weighted by Crippen LogP contribution is -2.22. The number of nitrogens with zero attached hydrogens (tertiary/aromatic N) is 1. The highest BCUT2D eigenvalue weighted by Gasteiger charge is 2.06. The van der Waals surface area contributed by atoms with Gasteiger partial charge in [-0.2, -0.15) is 0 Å². The molecular weight excluding hydrogens is 284 g/mol. The monoisotopic (exact) mass is 297 g/mol. The molecule has 0 saturated heterocycles. The predicted molar refractivity (Wildman–Crippen MR) is 74.7 cm³/mol. The van der Waals surface area contributed by atoms with Crippen LogP contribution in [0.1, 0.15) is 25.7 Å². The van der Waals surface area contributed by atoms with Crippen molar-refractivity contribution in [1.82, 2.24) is 9.55 Å². The number of nitrogens with one attached hydrogen (secondary N) is 1. The quantitative estimate of drug-likeness (QED) is 0.646. The van der Waals surface area contributed by atoms with Crippen molar-refractivity contribution in [1.29, 1.82) is 0 Å². The van der Waals surface area contributed by atoms with Gasteiger partial charge in [0.15, 0.2) is 4.77 Å². The van der Waals surface area contributed by atoms with E-state index in [0.717, 1.165) is 18.4 Å². The van der Waals surface area contributed by atoms with Crippen LogP contribution in [0.2, 0.25) is 0 Å². The second-order valence-corrected chi connectivity index (χ2v) is 5.54. The molecular formula is C12H13N2O3S2-. The maximum absolute atomic E-state index is 12.2. The number of carbonyl (C=O) groups excluding carboxylic acids is 1. The average molecular weight is 297 g/mol. The van der Waals surface area contributed by atoms with E-state index in [1.165, 1.54) is 15.9 Å². The normalized spacial score (nSPS) is 10.9. The largest absolute Gasteiger partial charge is 0.550 e. The molecule has 0 radical (unpaired) electrons. The Balaban J connectivity index is 2.06. The van der Waals surface area contributed by atoms with Crippen LogP contribution in [0.25, 0.3) is 10.2 Å². The molecule has 2 aromatic rings. The number of fused-ring (bicyclic) bond motifs is 1. The highest BCUT2D eigenvalue weighted by Crippen LogP contribution is 2.14. The zero-order chi connectivity index (χ0) is 13.8. The van der Waals surface area contributed by atoms with E-state index in [0.29, 0.717) is 22.4 Å². The number of hydrogen-bond donors (Lipinski definition) is 1. The smallest absolute Gasteiger partial charge is 0.272 e. The van der Waals surface area contributed by atoms with E-state index in [-0.39, 0.29) is 12.0 Å². The third-order valence-corrected chi connectivity index (χ3v) is 4.08. The molecule has 0 bridgehead atoms. The van der Waals surface area contributed by atoms with Crippen LogP contribution in [0.15, 0.2) is 16.2 Å². The molecule has 19 heavy (non-hydrogen) atoms. The third kappa shape index (κ3) is 3.30. The number of unbranched alkanes of at least 4 members (excludes halogenated alkanes) is 2. The zero-order valence-electron chi connectivity index (χ0n) is 10.2. The van der Waals surface area contributed by atoms with Crippen molar-refractivity contribution in [2.75, 3.05) is 0 Å². The zero-order valence-corrected chi connectivity index (χ0v) is 11.8. The van der Waals surface area contributed by atoms with Crippen molar-refractivity contribution in [3.63, 3.8) is 0 Å². The number of carboxylic acid groups (broad SMARTS) is 1. The van der Waals surface area contributed by atoms with Gasteiger partial charge < -0.3 is 14.9 Å². The van der Waals surface area contributed by atoms with Crippen LogP contribution in [-0.4, -0.2) is 15.5 Å². The van der Waals surface area contributed by atoms with Gasteiger partial charge >= 0.3 is 0 Å². The standard InChI is InChI=1S/C12H14N2O3S2/c15-9(16)4-2-1-3-6-14-11(17)10-8(5-7-19-10)13-12(14)18/h5,7H,1-4,6H2,(H,13,18)(H,15,16)/p-1. The van der Waals surface area contributed by atoms with Crippen molar-refractivity contribution in [2.45, 2.75) is 32.2 Å². The molecule has 1 N–H and O–H groups in total. The first-order valence-electron chi connectivity index (χ1n) is 6.00. The second-order valence-electron chi connectivity index (χ2n) is 4.23. The van der Waals surface area contributed by atoms with Gasteiger partial charge in [0.25, 0.3) is 5.56 Å². The fraction of sp³-hybridized carbons (Fsp3) is 0.417. The summed E-state index contributed by atoms with van der Waals surface area (Å²) >= 11 is 6.55. The highest BCUT2D eigenvalue weighted by atomic mass is 32.1. The van der Waals surface area contributed by atoms with Gasteiger partial charge in [0.05, 0.1) is 5.52 Å². The summed E-state index contributed by atoms with van der Waals surface area (Å²) in [6, 6.07) is 1.83. The SMILES string of the molecule is O=C([O-])CCCCCn1c(=S)[nH]c2ccsc2c1=O. The van der Waals surface area contributed by atoms with Crippen molar-refractivity contribution < 1.29 is 9.90 Å². The molecule has 0 fully saturated rings. The molecule has 0 aliphatic rings. The van der Waals surface area contributed by atoms with Crippen molar-refractivity contribution in [3.8, 4) is 0 Å². The van der Waals surface area contributed by atoms with Gasteiger partial charge in [-0.05, 0) is 42.9 Å². The number of aromatic nitrogens is 2. The number of carbonyl (C=O) groups is 1. The van der Waals surface area contributed by atoms with Gasteiger partial charge in [-0.3, -0.25) is 9.36 Å². The summed E-state index contributed by atoms with van der Waals surface area (Å²) in [4.78, 5) is 25.5. The number of thiophene rings is 1. The Kier molecular flexibility index (Phi) is 4.49. The van der Waals surface area contributed by atoms with E-state index in [2.05, 4.69) is 4.98 Å². The minimum absolute atomic E-state index is 0.0612. The van der Waals surface area contributed by atoms with Crippen molar-refractivity contribution >= 4 is 39.7 Å². The minimum Gasteiger partial charge on any atom is -0.550 e. The van der Waals surface area contributed by atoms with Crippen molar-refractivity contribution in [2.24, 2.45) is 0 Å². The number of hydrogen-bond acceptors (Lipinski definition) is 5. The molecule has 102 valence electrons. The summed E-state index contributed by atoms with van der Waals surface area (Å²) in [6.07, 6.45) is 2.08. The number of H-pyrrole nitrogens is 1. The van der Waals surface area contributed by atoms with E-state index < -0.39 is 5.97 Å². The third-order valence-electron chi connectivity index (χ3n) is 2.85. The van der Waals surface area contributed by atoms with Crippen LogP contribution in [-0.2, 0) is 11.3 Å². The first kappa shape index (κ1) is 14.0. The maximum atomic E-state index is 12.2. The Hall–Kier alpha value is -1.47. The number of carboxylic acids is 1. The van der Waals surface area contributed by atoms with E-state index in [9.17, 15) is 14.7 Å². The Morgan fingerprint density at radius 3 is 2.95 bits per heavy atom.